The molecule has 1 atom stereocenters. The van der Waals surface area contributed by atoms with E-state index >= 15 is 0 Å². The lowest BCUT2D eigenvalue weighted by Gasteiger charge is -2.39. The van der Waals surface area contributed by atoms with Crippen molar-refractivity contribution in [3.8, 4) is 0 Å². The van der Waals surface area contributed by atoms with Crippen LogP contribution in [0.5, 0.6) is 0 Å². The van der Waals surface area contributed by atoms with Crippen LogP contribution in [-0.2, 0) is 9.53 Å². The van der Waals surface area contributed by atoms with Crippen LogP contribution < -0.4 is 0 Å². The van der Waals surface area contributed by atoms with Gasteiger partial charge in [0.1, 0.15) is 0 Å². The average Bonchev–Trinajstić information content (AvgIpc) is 2.55. The number of hydrogen-bond donors (Lipinski definition) is 0. The van der Waals surface area contributed by atoms with Gasteiger partial charge in [-0.05, 0) is 24.6 Å². The summed E-state index contributed by atoms with van der Waals surface area (Å²) in [4.78, 5) is 37.5. The lowest BCUT2D eigenvalue weighted by atomic mass is 9.93. The van der Waals surface area contributed by atoms with E-state index in [-0.39, 0.29) is 11.7 Å². The lowest BCUT2D eigenvalue weighted by molar-refractivity contribution is -0.384. The number of carbonyl (C=O) groups excluding carboxylic acids is 2. The van der Waals surface area contributed by atoms with Gasteiger partial charge in [-0.1, -0.05) is 0 Å². The number of nitro benzene ring substituents is 1. The van der Waals surface area contributed by atoms with E-state index in [0.29, 0.717) is 16.8 Å². The summed E-state index contributed by atoms with van der Waals surface area (Å²) in [5.41, 5.74) is 1.35. The summed E-state index contributed by atoms with van der Waals surface area (Å²) in [7, 11) is 4.41. The Morgan fingerprint density at radius 1 is 1.26 bits per heavy atom. The summed E-state index contributed by atoms with van der Waals surface area (Å²) in [5.74, 6) is -0.544. The van der Waals surface area contributed by atoms with Gasteiger partial charge in [-0.15, -0.1) is 0 Å². The van der Waals surface area contributed by atoms with E-state index < -0.39 is 16.9 Å². The Kier molecular flexibility index (Phi) is 4.35. The standard InChI is InChI=1S/C15H17N3O5/c1-9-12(14(19)23-4)13(17(3)15(20)16(9)2)10-5-7-11(8-6-10)18(21)22/h5-8,13H,1-4H3/t13-/m1/s1. The van der Waals surface area contributed by atoms with Crippen molar-refractivity contribution in [2.24, 2.45) is 0 Å². The number of hydrogen-bond acceptors (Lipinski definition) is 5. The van der Waals surface area contributed by atoms with Gasteiger partial charge >= 0.3 is 12.0 Å². The average molecular weight is 319 g/mol. The fourth-order valence-corrected chi connectivity index (χ4v) is 2.60. The minimum Gasteiger partial charge on any atom is -0.466 e. The topological polar surface area (TPSA) is 93.0 Å². The summed E-state index contributed by atoms with van der Waals surface area (Å²) in [6.45, 7) is 1.66. The van der Waals surface area contributed by atoms with Gasteiger partial charge in [0.05, 0.1) is 23.6 Å². The number of nitro groups is 1. The Hall–Kier alpha value is -2.90. The van der Waals surface area contributed by atoms with E-state index in [1.54, 1.807) is 21.0 Å². The van der Waals surface area contributed by atoms with Gasteiger partial charge in [0.2, 0.25) is 0 Å². The number of amides is 2. The fourth-order valence-electron chi connectivity index (χ4n) is 2.60. The third kappa shape index (κ3) is 2.75. The number of nitrogens with zero attached hydrogens (tertiary/aromatic N) is 3. The number of rotatable bonds is 3. The first kappa shape index (κ1) is 16.5. The van der Waals surface area contributed by atoms with E-state index in [4.69, 9.17) is 4.74 Å². The number of non-ortho nitro benzene ring substituents is 1. The Morgan fingerprint density at radius 3 is 2.30 bits per heavy atom. The Labute approximate surface area is 133 Å². The van der Waals surface area contributed by atoms with Crippen LogP contribution in [0.25, 0.3) is 0 Å². The molecule has 0 fully saturated rings. The van der Waals surface area contributed by atoms with Gasteiger partial charge in [-0.3, -0.25) is 10.1 Å². The SMILES string of the molecule is COC(=O)C1=C(C)N(C)C(=O)N(C)[C@@H]1c1ccc([N+](=O)[O-])cc1. The van der Waals surface area contributed by atoms with Crippen LogP contribution in [0.3, 0.4) is 0 Å². The molecule has 8 heteroatoms. The van der Waals surface area contributed by atoms with Gasteiger partial charge in [0, 0.05) is 31.9 Å². The minimum atomic E-state index is -0.660. The van der Waals surface area contributed by atoms with Crippen LogP contribution in [0.2, 0.25) is 0 Å². The second-order valence-electron chi connectivity index (χ2n) is 5.19. The first-order valence-corrected chi connectivity index (χ1v) is 6.83. The van der Waals surface area contributed by atoms with Gasteiger partial charge < -0.3 is 14.5 Å². The Balaban J connectivity index is 2.57. The molecule has 0 bridgehead atoms. The van der Waals surface area contributed by atoms with Gasteiger partial charge in [0.25, 0.3) is 5.69 Å². The zero-order valence-corrected chi connectivity index (χ0v) is 13.3. The van der Waals surface area contributed by atoms with Crippen LogP contribution in [0.15, 0.2) is 35.5 Å². The highest BCUT2D eigenvalue weighted by Gasteiger charge is 2.39. The number of esters is 1. The zero-order chi connectivity index (χ0) is 17.3. The smallest absolute Gasteiger partial charge is 0.337 e. The number of allylic oxidation sites excluding steroid dienone is 1. The van der Waals surface area contributed by atoms with E-state index in [9.17, 15) is 19.7 Å². The maximum atomic E-state index is 12.3. The number of ether oxygens (including phenoxy) is 1. The number of benzene rings is 1. The molecule has 1 aromatic rings. The minimum absolute atomic E-state index is 0.0593. The predicted molar refractivity (Wildman–Crippen MR) is 81.5 cm³/mol. The van der Waals surface area contributed by atoms with Gasteiger partial charge in [-0.2, -0.15) is 0 Å². The molecule has 0 spiro atoms. The second kappa shape index (κ2) is 6.07. The molecule has 0 radical (unpaired) electrons. The third-order valence-corrected chi connectivity index (χ3v) is 3.97. The highest BCUT2D eigenvalue weighted by Crippen LogP contribution is 2.36. The molecular weight excluding hydrogens is 302 g/mol. The molecule has 23 heavy (non-hydrogen) atoms. The van der Waals surface area contributed by atoms with Crippen molar-refractivity contribution in [3.05, 3.63) is 51.2 Å². The van der Waals surface area contributed by atoms with E-state index in [0.717, 1.165) is 0 Å². The molecule has 1 heterocycles. The molecule has 8 nitrogen and oxygen atoms in total. The van der Waals surface area contributed by atoms with Crippen LogP contribution in [0, 0.1) is 10.1 Å². The normalized spacial score (nSPS) is 18.3. The van der Waals surface area contributed by atoms with Crippen molar-refractivity contribution in [1.82, 2.24) is 9.80 Å². The predicted octanol–water partition coefficient (Wildman–Crippen LogP) is 2.08. The maximum Gasteiger partial charge on any atom is 0.337 e. The largest absolute Gasteiger partial charge is 0.466 e. The Bertz CT molecular complexity index is 696. The molecule has 0 saturated heterocycles. The highest BCUT2D eigenvalue weighted by molar-refractivity contribution is 5.94. The van der Waals surface area contributed by atoms with Crippen molar-refractivity contribution in [2.75, 3.05) is 21.2 Å². The zero-order valence-electron chi connectivity index (χ0n) is 13.3. The summed E-state index contributed by atoms with van der Waals surface area (Å²) < 4.78 is 4.84. The quantitative estimate of drug-likeness (QED) is 0.483. The molecule has 1 aliphatic rings. The van der Waals surface area contributed by atoms with Crippen LogP contribution in [0.4, 0.5) is 10.5 Å². The molecule has 1 aromatic carbocycles. The van der Waals surface area contributed by atoms with Crippen molar-refractivity contribution < 1.29 is 19.2 Å². The van der Waals surface area contributed by atoms with Crippen molar-refractivity contribution in [2.45, 2.75) is 13.0 Å². The van der Waals surface area contributed by atoms with Crippen molar-refractivity contribution >= 4 is 17.7 Å². The maximum absolute atomic E-state index is 12.3. The first-order valence-electron chi connectivity index (χ1n) is 6.83. The molecule has 2 rings (SSSR count). The first-order chi connectivity index (χ1) is 10.8. The number of urea groups is 1. The summed E-state index contributed by atoms with van der Waals surface area (Å²) in [5, 5.41) is 10.8. The molecule has 1 aliphatic heterocycles. The summed E-state index contributed by atoms with van der Waals surface area (Å²) in [6, 6.07) is 4.82. The number of carbonyl (C=O) groups is 2. The van der Waals surface area contributed by atoms with Crippen LogP contribution >= 0.6 is 0 Å². The van der Waals surface area contributed by atoms with E-state index in [1.807, 2.05) is 0 Å². The van der Waals surface area contributed by atoms with Gasteiger partial charge in [-0.25, -0.2) is 9.59 Å². The van der Waals surface area contributed by atoms with E-state index in [2.05, 4.69) is 0 Å². The molecule has 0 unspecified atom stereocenters. The molecule has 122 valence electrons. The van der Waals surface area contributed by atoms with Crippen LogP contribution in [0.1, 0.15) is 18.5 Å². The molecule has 0 N–H and O–H groups in total. The highest BCUT2D eigenvalue weighted by atomic mass is 16.6. The Morgan fingerprint density at radius 2 is 1.83 bits per heavy atom. The summed E-state index contributed by atoms with van der Waals surface area (Å²) in [6.07, 6.45) is 0. The van der Waals surface area contributed by atoms with Gasteiger partial charge in [0.15, 0.2) is 0 Å². The molecule has 0 aromatic heterocycles. The van der Waals surface area contributed by atoms with Crippen molar-refractivity contribution in [3.63, 3.8) is 0 Å². The molecule has 0 aliphatic carbocycles. The van der Waals surface area contributed by atoms with Crippen molar-refractivity contribution in [1.29, 1.82) is 0 Å². The lowest BCUT2D eigenvalue weighted by Crippen LogP contribution is -2.47. The fraction of sp³-hybridized carbons (Fsp3) is 0.333. The number of methoxy groups -OCH3 is 1. The van der Waals surface area contributed by atoms with E-state index in [1.165, 1.54) is 41.2 Å². The molecule has 0 saturated carbocycles. The molecular formula is C15H17N3O5. The third-order valence-electron chi connectivity index (χ3n) is 3.97. The molecule has 2 amide bonds. The van der Waals surface area contributed by atoms with Crippen LogP contribution in [-0.4, -0.2) is 47.9 Å². The number of likely N-dealkylation sites (N-methyl/N-ethyl adjacent to an activating group) is 1. The second-order valence-corrected chi connectivity index (χ2v) is 5.19. The monoisotopic (exact) mass is 319 g/mol. The summed E-state index contributed by atoms with van der Waals surface area (Å²) >= 11 is 0.